The number of rotatable bonds is 21. The smallest absolute Gasteiger partial charge is 0.337 e. The zero-order valence-electron chi connectivity index (χ0n) is 33.1. The average Bonchev–Trinajstić information content (AvgIpc) is 4.09. The number of carbonyl (C=O) groups excluding carboxylic acids is 2. The number of hydrogen-bond acceptors (Lipinski definition) is 22. The van der Waals surface area contributed by atoms with E-state index >= 15 is 0 Å². The first-order valence-electron chi connectivity index (χ1n) is 17.2. The Morgan fingerprint density at radius 1 is 0.600 bits per heavy atom. The van der Waals surface area contributed by atoms with Crippen molar-refractivity contribution in [1.82, 2.24) is 0 Å². The molecule has 0 radical (unpaired) electrons. The Labute approximate surface area is 396 Å². The highest BCUT2D eigenvalue weighted by atomic mass is 35.5. The fourth-order valence-electron chi connectivity index (χ4n) is 4.88. The molecule has 0 bridgehead atoms. The Balaban J connectivity index is 0.000000330. The van der Waals surface area contributed by atoms with Gasteiger partial charge in [-0.2, -0.15) is 17.7 Å². The standard InChI is InChI=1S/C13H13ClN2O4S.2C12H11ClN2O5S.2H2O/c1-8(17)10-5-13(21-20-19-15)11(14)6-12(10)16-7-9-3-2-4-18-9;2*13-9-5-10(15-6-7-2-1-3-18-7)8(12(16)17)4-11(9)21-20-19-14;;/h2-6,16H,7,15H2,1H3;2*1-5,15H,6,14H2,(H,16,17);2*1H2/p-1. The lowest BCUT2D eigenvalue weighted by Crippen LogP contribution is -2.23. The third kappa shape index (κ3) is 18.1. The first-order chi connectivity index (χ1) is 30.3. The van der Waals surface area contributed by atoms with Crippen LogP contribution in [-0.4, -0.2) is 33.8 Å². The molecule has 28 heteroatoms. The summed E-state index contributed by atoms with van der Waals surface area (Å²) in [6.45, 7) is 2.55. The Kier molecular flexibility index (Phi) is 25.5. The van der Waals surface area contributed by atoms with Crippen molar-refractivity contribution in [3.63, 3.8) is 0 Å². The number of nitrogens with two attached hydrogens (primary N) is 3. The number of nitrogens with one attached hydrogen (secondary N) is 3. The molecular formula is C37H38Cl3N6O16S3-. The first-order valence-corrected chi connectivity index (χ1v) is 20.6. The minimum absolute atomic E-state index is 0. The number of hydrogen-bond donors (Lipinski definition) is 7. The average molecular weight is 1030 g/mol. The van der Waals surface area contributed by atoms with Gasteiger partial charge in [-0.15, -0.1) is 28.0 Å². The fourth-order valence-corrected chi connectivity index (χ4v) is 6.91. The van der Waals surface area contributed by atoms with E-state index in [1.165, 1.54) is 43.7 Å². The van der Waals surface area contributed by atoms with Gasteiger partial charge < -0.3 is 55.2 Å². The van der Waals surface area contributed by atoms with Gasteiger partial charge in [0.2, 0.25) is 0 Å². The normalized spacial score (nSPS) is 10.3. The van der Waals surface area contributed by atoms with Crippen molar-refractivity contribution in [3.8, 4) is 0 Å². The summed E-state index contributed by atoms with van der Waals surface area (Å²) < 4.78 is 29.0. The zero-order chi connectivity index (χ0) is 45.7. The van der Waals surface area contributed by atoms with Crippen LogP contribution in [0.4, 0.5) is 17.1 Å². The molecular weight excluding hydrogens is 987 g/mol. The van der Waals surface area contributed by atoms with E-state index in [4.69, 9.17) is 65.7 Å². The molecule has 0 spiro atoms. The molecule has 22 nitrogen and oxygen atoms in total. The van der Waals surface area contributed by atoms with Gasteiger partial charge in [0, 0.05) is 22.5 Å². The maximum atomic E-state index is 11.8. The van der Waals surface area contributed by atoms with Gasteiger partial charge in [0.1, 0.15) is 17.3 Å². The number of benzene rings is 3. The summed E-state index contributed by atoms with van der Waals surface area (Å²) in [5.41, 5.74) is 1.72. The second-order valence-corrected chi connectivity index (χ2v) is 15.1. The van der Waals surface area contributed by atoms with Crippen molar-refractivity contribution < 1.29 is 76.8 Å². The van der Waals surface area contributed by atoms with Crippen LogP contribution in [-0.2, 0) is 47.6 Å². The molecule has 0 saturated heterocycles. The zero-order valence-corrected chi connectivity index (χ0v) is 37.8. The number of carboxylic acids is 2. The topological polar surface area (TPSA) is 366 Å². The molecule has 0 aliphatic carbocycles. The van der Waals surface area contributed by atoms with Crippen molar-refractivity contribution in [2.24, 2.45) is 17.7 Å². The second-order valence-electron chi connectivity index (χ2n) is 11.7. The number of halogens is 3. The van der Waals surface area contributed by atoms with E-state index in [2.05, 4.69) is 43.9 Å². The molecule has 14 N–H and O–H groups in total. The van der Waals surface area contributed by atoms with E-state index < -0.39 is 11.9 Å². The Bertz CT molecular complexity index is 2120. The Morgan fingerprint density at radius 2 is 0.923 bits per heavy atom. The van der Waals surface area contributed by atoms with Gasteiger partial charge in [-0.1, -0.05) is 34.8 Å². The Morgan fingerprint density at radius 3 is 1.22 bits per heavy atom. The molecule has 0 amide bonds. The van der Waals surface area contributed by atoms with Gasteiger partial charge in [-0.3, -0.25) is 4.79 Å². The highest BCUT2D eigenvalue weighted by Crippen LogP contribution is 2.36. The third-order valence-electron chi connectivity index (χ3n) is 7.63. The summed E-state index contributed by atoms with van der Waals surface area (Å²) in [5.74, 6) is 13.7. The van der Waals surface area contributed by atoms with E-state index in [1.54, 1.807) is 48.7 Å². The molecule has 6 rings (SSSR count). The largest absolute Gasteiger partial charge is 0.545 e. The van der Waals surface area contributed by atoms with Crippen LogP contribution in [0, 0.1) is 0 Å². The highest BCUT2D eigenvalue weighted by molar-refractivity contribution is 7.95. The number of anilines is 3. The predicted molar refractivity (Wildman–Crippen MR) is 238 cm³/mol. The van der Waals surface area contributed by atoms with Crippen LogP contribution in [0.2, 0.25) is 15.1 Å². The summed E-state index contributed by atoms with van der Waals surface area (Å²) in [7, 11) is 0. The predicted octanol–water partition coefficient (Wildman–Crippen LogP) is 6.74. The van der Waals surface area contributed by atoms with E-state index in [1.807, 2.05) is 6.07 Å². The monoisotopic (exact) mass is 1020 g/mol. The summed E-state index contributed by atoms with van der Waals surface area (Å²) in [6, 6.07) is 19.5. The van der Waals surface area contributed by atoms with E-state index in [0.29, 0.717) is 103 Å². The van der Waals surface area contributed by atoms with E-state index in [-0.39, 0.29) is 32.9 Å². The molecule has 0 aliphatic rings. The number of carbonyl (C=O) groups is 3. The number of Topliss-reactive ketones (excluding diaryl/α,β-unsaturated/α-hetero) is 1. The molecule has 65 heavy (non-hydrogen) atoms. The Hall–Kier alpha value is -5.01. The maximum absolute atomic E-state index is 11.8. The molecule has 3 aromatic carbocycles. The van der Waals surface area contributed by atoms with Crippen molar-refractivity contribution in [2.75, 3.05) is 16.0 Å². The lowest BCUT2D eigenvalue weighted by molar-refractivity contribution is -0.254. The van der Waals surface area contributed by atoms with Gasteiger partial charge in [0.05, 0.1) is 122 Å². The second kappa shape index (κ2) is 29.5. The van der Waals surface area contributed by atoms with Crippen LogP contribution in [0.3, 0.4) is 0 Å². The molecule has 0 aliphatic heterocycles. The molecule has 0 fully saturated rings. The van der Waals surface area contributed by atoms with Crippen molar-refractivity contribution in [1.29, 1.82) is 0 Å². The first kappa shape index (κ1) is 56.1. The van der Waals surface area contributed by atoms with Gasteiger partial charge >= 0.3 is 5.97 Å². The minimum Gasteiger partial charge on any atom is -0.545 e. The highest BCUT2D eigenvalue weighted by Gasteiger charge is 2.17. The lowest BCUT2D eigenvalue weighted by atomic mass is 10.1. The number of aromatic carboxylic acids is 2. The number of furan rings is 3. The summed E-state index contributed by atoms with van der Waals surface area (Å²) in [4.78, 5) is 47.4. The van der Waals surface area contributed by atoms with Crippen molar-refractivity contribution in [2.45, 2.75) is 41.2 Å². The SMILES string of the molecule is CC(=O)c1cc(SOON)c(Cl)cc1NCc1ccco1.NOOSc1cc(C(=O)O)c(NCc2ccco2)cc1Cl.NOOSc1cc(C(=O)[O-])c(NCc2ccco2)cc1Cl.O.O. The molecule has 3 aromatic heterocycles. The fraction of sp³-hybridized carbons (Fsp3) is 0.108. The van der Waals surface area contributed by atoms with Gasteiger partial charge in [-0.05, 0) is 79.7 Å². The summed E-state index contributed by atoms with van der Waals surface area (Å²) in [6.07, 6.45) is 4.64. The van der Waals surface area contributed by atoms with E-state index in [9.17, 15) is 24.6 Å². The summed E-state index contributed by atoms with van der Waals surface area (Å²) >= 11 is 20.4. The van der Waals surface area contributed by atoms with Crippen LogP contribution in [0.25, 0.3) is 0 Å². The molecule has 0 saturated carbocycles. The molecule has 3 heterocycles. The minimum atomic E-state index is -1.36. The lowest BCUT2D eigenvalue weighted by Gasteiger charge is -2.14. The molecule has 0 unspecified atom stereocenters. The van der Waals surface area contributed by atoms with Crippen molar-refractivity contribution >= 4 is 106 Å². The van der Waals surface area contributed by atoms with Crippen LogP contribution >= 0.6 is 70.9 Å². The summed E-state index contributed by atoms with van der Waals surface area (Å²) in [5, 5.41) is 30.4. The van der Waals surface area contributed by atoms with Crippen LogP contribution in [0.1, 0.15) is 55.3 Å². The number of carboxylic acid groups (broad SMARTS) is 2. The van der Waals surface area contributed by atoms with Gasteiger partial charge in [-0.25, -0.2) is 4.79 Å². The molecule has 0 atom stereocenters. The number of ketones is 1. The van der Waals surface area contributed by atoms with E-state index in [0.717, 1.165) is 17.8 Å². The van der Waals surface area contributed by atoms with Gasteiger partial charge in [0.25, 0.3) is 0 Å². The molecule has 6 aromatic rings. The van der Waals surface area contributed by atoms with Gasteiger partial charge in [0.15, 0.2) is 5.78 Å². The van der Waals surface area contributed by atoms with Crippen molar-refractivity contribution in [3.05, 3.63) is 141 Å². The quantitative estimate of drug-likeness (QED) is 0.0170. The van der Waals surface area contributed by atoms with Crippen LogP contribution < -0.4 is 38.7 Å². The molecule has 352 valence electrons. The maximum Gasteiger partial charge on any atom is 0.337 e. The third-order valence-corrected chi connectivity index (χ3v) is 10.9. The van der Waals surface area contributed by atoms with Crippen LogP contribution in [0.5, 0.6) is 0 Å². The van der Waals surface area contributed by atoms with Crippen LogP contribution in [0.15, 0.2) is 120 Å².